The molecule has 0 amide bonds. The molecule has 1 N–H and O–H groups in total. The Balaban J connectivity index is 1.65. The molecule has 1 spiro atoms. The first-order chi connectivity index (χ1) is 15.5. The lowest BCUT2D eigenvalue weighted by Gasteiger charge is -2.40. The van der Waals surface area contributed by atoms with Crippen LogP contribution in [0.4, 0.5) is 0 Å². The van der Waals surface area contributed by atoms with Crippen molar-refractivity contribution in [2.24, 2.45) is 5.92 Å². The SMILES string of the molecule is CC(C)[C@H]1CO[C@]2(N1)OC(c1ccccc1)(c1ccccc1)[C@]1(c3ccccc3)O[C@]21C. The molecule has 6 rings (SSSR count). The first-order valence-corrected chi connectivity index (χ1v) is 11.5. The van der Waals surface area contributed by atoms with E-state index in [2.05, 4.69) is 98.9 Å². The molecule has 3 fully saturated rings. The highest BCUT2D eigenvalue weighted by atomic mass is 16.8. The van der Waals surface area contributed by atoms with E-state index < -0.39 is 22.7 Å². The minimum Gasteiger partial charge on any atom is -0.346 e. The third kappa shape index (κ3) is 2.31. The molecular formula is C28H29NO3. The van der Waals surface area contributed by atoms with Gasteiger partial charge in [0, 0.05) is 6.04 Å². The molecule has 164 valence electrons. The summed E-state index contributed by atoms with van der Waals surface area (Å²) >= 11 is 0. The molecule has 3 aliphatic heterocycles. The normalized spacial score (nSPS) is 34.7. The van der Waals surface area contributed by atoms with Gasteiger partial charge < -0.3 is 14.2 Å². The average Bonchev–Trinajstić information content (AvgIpc) is 3.20. The average molecular weight is 428 g/mol. The predicted molar refractivity (Wildman–Crippen MR) is 123 cm³/mol. The van der Waals surface area contributed by atoms with Crippen LogP contribution in [0.1, 0.15) is 37.5 Å². The summed E-state index contributed by atoms with van der Waals surface area (Å²) < 4.78 is 20.6. The summed E-state index contributed by atoms with van der Waals surface area (Å²) in [6, 6.07) is 31.5. The lowest BCUT2D eigenvalue weighted by atomic mass is 9.69. The molecule has 3 aliphatic rings. The molecule has 32 heavy (non-hydrogen) atoms. The van der Waals surface area contributed by atoms with Gasteiger partial charge in [0.15, 0.2) is 16.8 Å². The van der Waals surface area contributed by atoms with Crippen molar-refractivity contribution in [2.75, 3.05) is 6.61 Å². The van der Waals surface area contributed by atoms with Crippen molar-refractivity contribution in [1.82, 2.24) is 5.32 Å². The maximum Gasteiger partial charge on any atom is 0.263 e. The van der Waals surface area contributed by atoms with Gasteiger partial charge in [-0.15, -0.1) is 0 Å². The maximum absolute atomic E-state index is 7.21. The third-order valence-electron chi connectivity index (χ3n) is 7.60. The fourth-order valence-electron chi connectivity index (χ4n) is 5.85. The molecule has 3 aromatic rings. The second-order valence-electron chi connectivity index (χ2n) is 9.62. The van der Waals surface area contributed by atoms with Crippen molar-refractivity contribution >= 4 is 0 Å². The highest BCUT2D eigenvalue weighted by Crippen LogP contribution is 2.77. The summed E-state index contributed by atoms with van der Waals surface area (Å²) in [7, 11) is 0. The number of hydrogen-bond donors (Lipinski definition) is 1. The lowest BCUT2D eigenvalue weighted by Crippen LogP contribution is -2.56. The van der Waals surface area contributed by atoms with Crippen molar-refractivity contribution in [1.29, 1.82) is 0 Å². The van der Waals surface area contributed by atoms with Crippen LogP contribution in [-0.2, 0) is 25.4 Å². The van der Waals surface area contributed by atoms with Gasteiger partial charge in [-0.25, -0.2) is 0 Å². The zero-order chi connectivity index (χ0) is 22.0. The Hall–Kier alpha value is -2.50. The summed E-state index contributed by atoms with van der Waals surface area (Å²) in [5.74, 6) is -0.640. The molecule has 0 unspecified atom stereocenters. The van der Waals surface area contributed by atoms with Gasteiger partial charge in [-0.2, -0.15) is 0 Å². The van der Waals surface area contributed by atoms with E-state index in [1.54, 1.807) is 0 Å². The zero-order valence-electron chi connectivity index (χ0n) is 18.7. The van der Waals surface area contributed by atoms with Crippen LogP contribution in [0.25, 0.3) is 0 Å². The standard InChI is InChI=1S/C28H29NO3/c1-20(2)24-19-30-28(29-24)25(3)27(31-25,23-17-11-6-12-18-23)26(32-28,21-13-7-4-8-14-21)22-15-9-5-10-16-22/h4-18,20,24,29H,19H2,1-3H3/t24-,25+,27-,28+/m1/s1. The quantitative estimate of drug-likeness (QED) is 0.599. The Morgan fingerprint density at radius 2 is 1.25 bits per heavy atom. The summed E-state index contributed by atoms with van der Waals surface area (Å²) in [5.41, 5.74) is 0.845. The van der Waals surface area contributed by atoms with Crippen LogP contribution in [0.2, 0.25) is 0 Å². The number of nitrogens with one attached hydrogen (secondary N) is 1. The van der Waals surface area contributed by atoms with Crippen LogP contribution in [-0.4, -0.2) is 24.2 Å². The summed E-state index contributed by atoms with van der Waals surface area (Å²) in [6.45, 7) is 7.12. The Bertz CT molecular complexity index is 1080. The molecule has 0 aliphatic carbocycles. The van der Waals surface area contributed by atoms with Crippen molar-refractivity contribution in [3.8, 4) is 0 Å². The molecule has 3 saturated heterocycles. The Morgan fingerprint density at radius 3 is 1.72 bits per heavy atom. The second kappa shape index (κ2) is 6.75. The van der Waals surface area contributed by atoms with Gasteiger partial charge in [-0.3, -0.25) is 5.32 Å². The Kier molecular flexibility index (Phi) is 4.25. The van der Waals surface area contributed by atoms with E-state index in [1.807, 2.05) is 18.2 Å². The molecular weight excluding hydrogens is 398 g/mol. The van der Waals surface area contributed by atoms with Crippen LogP contribution in [0.15, 0.2) is 91.0 Å². The fraction of sp³-hybridized carbons (Fsp3) is 0.357. The molecule has 0 saturated carbocycles. The molecule has 4 heteroatoms. The van der Waals surface area contributed by atoms with Crippen molar-refractivity contribution in [3.05, 3.63) is 108 Å². The predicted octanol–water partition coefficient (Wildman–Crippen LogP) is 4.94. The molecule has 4 atom stereocenters. The maximum atomic E-state index is 7.21. The summed E-state index contributed by atoms with van der Waals surface area (Å²) in [4.78, 5) is 0. The number of rotatable bonds is 4. The molecule has 3 heterocycles. The van der Waals surface area contributed by atoms with Crippen LogP contribution in [0.5, 0.6) is 0 Å². The zero-order valence-corrected chi connectivity index (χ0v) is 18.7. The van der Waals surface area contributed by atoms with Crippen LogP contribution < -0.4 is 5.32 Å². The second-order valence-corrected chi connectivity index (χ2v) is 9.62. The van der Waals surface area contributed by atoms with Gasteiger partial charge in [-0.05, 0) is 29.5 Å². The van der Waals surface area contributed by atoms with Crippen LogP contribution >= 0.6 is 0 Å². The van der Waals surface area contributed by atoms with E-state index in [1.165, 1.54) is 0 Å². The molecule has 0 aromatic heterocycles. The van der Waals surface area contributed by atoms with Crippen LogP contribution in [0, 0.1) is 5.92 Å². The topological polar surface area (TPSA) is 43.0 Å². The molecule has 0 bridgehead atoms. The summed E-state index contributed by atoms with van der Waals surface area (Å²) in [6.07, 6.45) is 0. The van der Waals surface area contributed by atoms with E-state index in [4.69, 9.17) is 14.2 Å². The lowest BCUT2D eigenvalue weighted by molar-refractivity contribution is -0.294. The van der Waals surface area contributed by atoms with Crippen LogP contribution in [0.3, 0.4) is 0 Å². The Labute approximate surface area is 189 Å². The smallest absolute Gasteiger partial charge is 0.263 e. The van der Waals surface area contributed by atoms with Crippen molar-refractivity contribution < 1.29 is 14.2 Å². The highest BCUT2D eigenvalue weighted by molar-refractivity contribution is 5.54. The third-order valence-corrected chi connectivity index (χ3v) is 7.60. The highest BCUT2D eigenvalue weighted by Gasteiger charge is 2.93. The number of benzene rings is 3. The minimum atomic E-state index is -1.05. The van der Waals surface area contributed by atoms with Gasteiger partial charge in [-0.1, -0.05) is 105 Å². The number of epoxide rings is 1. The van der Waals surface area contributed by atoms with Crippen molar-refractivity contribution in [2.45, 2.75) is 49.5 Å². The van der Waals surface area contributed by atoms with Gasteiger partial charge in [0.1, 0.15) is 0 Å². The van der Waals surface area contributed by atoms with E-state index in [0.29, 0.717) is 12.5 Å². The number of ether oxygens (including phenoxy) is 3. The van der Waals surface area contributed by atoms with E-state index in [-0.39, 0.29) is 6.04 Å². The number of hydrogen-bond acceptors (Lipinski definition) is 4. The first-order valence-electron chi connectivity index (χ1n) is 11.5. The van der Waals surface area contributed by atoms with E-state index in [9.17, 15) is 0 Å². The van der Waals surface area contributed by atoms with E-state index in [0.717, 1.165) is 16.7 Å². The van der Waals surface area contributed by atoms with Gasteiger partial charge in [0.25, 0.3) is 5.91 Å². The Morgan fingerprint density at radius 1 is 0.750 bits per heavy atom. The van der Waals surface area contributed by atoms with Gasteiger partial charge >= 0.3 is 0 Å². The largest absolute Gasteiger partial charge is 0.346 e. The van der Waals surface area contributed by atoms with Gasteiger partial charge in [0.05, 0.1) is 6.61 Å². The molecule has 3 aromatic carbocycles. The monoisotopic (exact) mass is 427 g/mol. The number of fused-ring (bicyclic) bond motifs is 2. The fourth-order valence-corrected chi connectivity index (χ4v) is 5.85. The summed E-state index contributed by atoms with van der Waals surface area (Å²) in [5, 5.41) is 3.72. The van der Waals surface area contributed by atoms with E-state index >= 15 is 0 Å². The molecule has 4 nitrogen and oxygen atoms in total. The van der Waals surface area contributed by atoms with Crippen molar-refractivity contribution in [3.63, 3.8) is 0 Å². The van der Waals surface area contributed by atoms with Gasteiger partial charge in [0.2, 0.25) is 0 Å². The molecule has 0 radical (unpaired) electrons. The first kappa shape index (κ1) is 20.1. The minimum absolute atomic E-state index is 0.187.